The topological polar surface area (TPSA) is 63.6 Å². The third kappa shape index (κ3) is 4.16. The summed E-state index contributed by atoms with van der Waals surface area (Å²) in [6.07, 6.45) is 0.168. The van der Waals surface area contributed by atoms with E-state index in [4.69, 9.17) is 16.3 Å². The van der Waals surface area contributed by atoms with E-state index in [-0.39, 0.29) is 18.2 Å². The van der Waals surface area contributed by atoms with E-state index in [2.05, 4.69) is 9.88 Å². The Labute approximate surface area is 186 Å². The second-order valence-electron chi connectivity index (χ2n) is 7.71. The SMILES string of the molecule is COc1ccc(NC(=O)[C@@H]2CC(=O)N(c3ccc(Cl)cc3)C2)c(-n2c(C)ccc2C)c1. The maximum absolute atomic E-state index is 13.1. The summed E-state index contributed by atoms with van der Waals surface area (Å²) in [5.74, 6) is 0.00339. The normalized spacial score (nSPS) is 15.9. The average Bonchev–Trinajstić information content (AvgIpc) is 3.31. The Hall–Kier alpha value is -3.25. The van der Waals surface area contributed by atoms with Crippen LogP contribution in [0.5, 0.6) is 5.75 Å². The van der Waals surface area contributed by atoms with Gasteiger partial charge in [-0.15, -0.1) is 0 Å². The van der Waals surface area contributed by atoms with Crippen molar-refractivity contribution in [2.45, 2.75) is 20.3 Å². The van der Waals surface area contributed by atoms with Gasteiger partial charge in [0.1, 0.15) is 5.75 Å². The molecular weight excluding hydrogens is 414 g/mol. The summed E-state index contributed by atoms with van der Waals surface area (Å²) < 4.78 is 7.46. The van der Waals surface area contributed by atoms with Crippen LogP contribution in [0.3, 0.4) is 0 Å². The van der Waals surface area contributed by atoms with Crippen LogP contribution in [0.2, 0.25) is 5.02 Å². The number of aromatic nitrogens is 1. The number of anilines is 2. The lowest BCUT2D eigenvalue weighted by Crippen LogP contribution is -2.28. The molecule has 0 bridgehead atoms. The van der Waals surface area contributed by atoms with Crippen LogP contribution in [-0.2, 0) is 9.59 Å². The molecule has 2 heterocycles. The fraction of sp³-hybridized carbons (Fsp3) is 0.250. The van der Waals surface area contributed by atoms with Gasteiger partial charge in [-0.05, 0) is 62.4 Å². The fourth-order valence-corrected chi connectivity index (χ4v) is 4.09. The Morgan fingerprint density at radius 2 is 1.74 bits per heavy atom. The van der Waals surface area contributed by atoms with Crippen LogP contribution in [0.1, 0.15) is 17.8 Å². The number of hydrogen-bond acceptors (Lipinski definition) is 3. The lowest BCUT2D eigenvalue weighted by atomic mass is 10.1. The second-order valence-corrected chi connectivity index (χ2v) is 8.14. The molecule has 0 radical (unpaired) electrons. The highest BCUT2D eigenvalue weighted by Crippen LogP contribution is 2.31. The molecule has 2 amide bonds. The van der Waals surface area contributed by atoms with Crippen LogP contribution in [0.15, 0.2) is 54.6 Å². The van der Waals surface area contributed by atoms with Crippen molar-refractivity contribution in [1.82, 2.24) is 4.57 Å². The molecule has 3 aromatic rings. The van der Waals surface area contributed by atoms with E-state index in [1.54, 1.807) is 36.3 Å². The minimum atomic E-state index is -0.440. The maximum atomic E-state index is 13.1. The molecule has 1 aliphatic heterocycles. The van der Waals surface area contributed by atoms with Crippen LogP contribution >= 0.6 is 11.6 Å². The molecule has 2 aromatic carbocycles. The number of methoxy groups -OCH3 is 1. The van der Waals surface area contributed by atoms with E-state index >= 15 is 0 Å². The molecular formula is C24H24ClN3O3. The molecule has 1 N–H and O–H groups in total. The largest absolute Gasteiger partial charge is 0.497 e. The van der Waals surface area contributed by atoms with Crippen molar-refractivity contribution in [2.75, 3.05) is 23.9 Å². The molecule has 1 aromatic heterocycles. The molecule has 0 saturated carbocycles. The zero-order valence-electron chi connectivity index (χ0n) is 17.7. The van der Waals surface area contributed by atoms with Gasteiger partial charge < -0.3 is 19.5 Å². The number of hydrogen-bond donors (Lipinski definition) is 1. The molecule has 0 spiro atoms. The van der Waals surface area contributed by atoms with Crippen LogP contribution in [0.4, 0.5) is 11.4 Å². The molecule has 1 aliphatic rings. The number of nitrogens with one attached hydrogen (secondary N) is 1. The number of rotatable bonds is 5. The minimum absolute atomic E-state index is 0.0745. The molecule has 160 valence electrons. The van der Waals surface area contributed by atoms with E-state index in [9.17, 15) is 9.59 Å². The first-order chi connectivity index (χ1) is 14.9. The Morgan fingerprint density at radius 1 is 1.06 bits per heavy atom. The van der Waals surface area contributed by atoms with Crippen molar-refractivity contribution in [2.24, 2.45) is 5.92 Å². The van der Waals surface area contributed by atoms with Crippen molar-refractivity contribution in [3.63, 3.8) is 0 Å². The maximum Gasteiger partial charge on any atom is 0.229 e. The number of carbonyl (C=O) groups is 2. The smallest absolute Gasteiger partial charge is 0.229 e. The zero-order valence-corrected chi connectivity index (χ0v) is 18.4. The lowest BCUT2D eigenvalue weighted by molar-refractivity contribution is -0.122. The number of carbonyl (C=O) groups excluding carboxylic acids is 2. The van der Waals surface area contributed by atoms with Gasteiger partial charge in [-0.1, -0.05) is 11.6 Å². The quantitative estimate of drug-likeness (QED) is 0.626. The van der Waals surface area contributed by atoms with E-state index < -0.39 is 5.92 Å². The molecule has 4 rings (SSSR count). The van der Waals surface area contributed by atoms with Crippen LogP contribution in [0.25, 0.3) is 5.69 Å². The van der Waals surface area contributed by atoms with E-state index in [1.165, 1.54) is 0 Å². The highest BCUT2D eigenvalue weighted by atomic mass is 35.5. The van der Waals surface area contributed by atoms with Crippen molar-refractivity contribution in [3.05, 3.63) is 71.0 Å². The van der Waals surface area contributed by atoms with Gasteiger partial charge in [0.15, 0.2) is 0 Å². The fourth-order valence-electron chi connectivity index (χ4n) is 3.97. The predicted molar refractivity (Wildman–Crippen MR) is 122 cm³/mol. The third-order valence-electron chi connectivity index (χ3n) is 5.61. The number of ether oxygens (including phenoxy) is 1. The van der Waals surface area contributed by atoms with Gasteiger partial charge in [-0.2, -0.15) is 0 Å². The molecule has 0 aliphatic carbocycles. The third-order valence-corrected chi connectivity index (χ3v) is 5.86. The number of halogens is 1. The summed E-state index contributed by atoms with van der Waals surface area (Å²) in [4.78, 5) is 27.3. The molecule has 7 heteroatoms. The summed E-state index contributed by atoms with van der Waals surface area (Å²) >= 11 is 5.95. The van der Waals surface area contributed by atoms with Crippen LogP contribution in [0, 0.1) is 19.8 Å². The first-order valence-corrected chi connectivity index (χ1v) is 10.5. The number of aryl methyl sites for hydroxylation is 2. The van der Waals surface area contributed by atoms with E-state index in [0.29, 0.717) is 23.0 Å². The summed E-state index contributed by atoms with van der Waals surface area (Å²) in [7, 11) is 1.61. The van der Waals surface area contributed by atoms with Gasteiger partial charge in [0.2, 0.25) is 11.8 Å². The van der Waals surface area contributed by atoms with Crippen LogP contribution < -0.4 is 15.0 Å². The van der Waals surface area contributed by atoms with Crippen molar-refractivity contribution < 1.29 is 14.3 Å². The van der Waals surface area contributed by atoms with Gasteiger partial charge in [0, 0.05) is 41.1 Å². The summed E-state index contributed by atoms with van der Waals surface area (Å²) in [5.41, 5.74) is 4.34. The molecule has 1 fully saturated rings. The molecule has 6 nitrogen and oxygen atoms in total. The summed E-state index contributed by atoms with van der Waals surface area (Å²) in [6, 6.07) is 16.7. The molecule has 31 heavy (non-hydrogen) atoms. The Balaban J connectivity index is 1.58. The van der Waals surface area contributed by atoms with E-state index in [1.807, 2.05) is 44.2 Å². The highest BCUT2D eigenvalue weighted by Gasteiger charge is 2.35. The van der Waals surface area contributed by atoms with Crippen LogP contribution in [-0.4, -0.2) is 30.0 Å². The highest BCUT2D eigenvalue weighted by molar-refractivity contribution is 6.30. The second kappa shape index (κ2) is 8.47. The number of amides is 2. The zero-order chi connectivity index (χ0) is 22.1. The van der Waals surface area contributed by atoms with Gasteiger partial charge in [0.25, 0.3) is 0 Å². The van der Waals surface area contributed by atoms with Crippen molar-refractivity contribution in [3.8, 4) is 11.4 Å². The van der Waals surface area contributed by atoms with Gasteiger partial charge in [0.05, 0.1) is 24.4 Å². The Kier molecular flexibility index (Phi) is 5.74. The summed E-state index contributed by atoms with van der Waals surface area (Å²) in [6.45, 7) is 4.36. The minimum Gasteiger partial charge on any atom is -0.497 e. The molecule has 1 saturated heterocycles. The Bertz CT molecular complexity index is 1120. The first kappa shape index (κ1) is 21.0. The molecule has 1 atom stereocenters. The monoisotopic (exact) mass is 437 g/mol. The summed E-state index contributed by atoms with van der Waals surface area (Å²) in [5, 5.41) is 3.64. The lowest BCUT2D eigenvalue weighted by Gasteiger charge is -2.19. The van der Waals surface area contributed by atoms with Gasteiger partial charge in [-0.25, -0.2) is 0 Å². The van der Waals surface area contributed by atoms with Gasteiger partial charge in [-0.3, -0.25) is 9.59 Å². The number of benzene rings is 2. The van der Waals surface area contributed by atoms with Crippen molar-refractivity contribution in [1.29, 1.82) is 0 Å². The number of nitrogens with zero attached hydrogens (tertiary/aromatic N) is 2. The average molecular weight is 438 g/mol. The van der Waals surface area contributed by atoms with Crippen molar-refractivity contribution >= 4 is 34.8 Å². The first-order valence-electron chi connectivity index (χ1n) is 10.1. The standard InChI is InChI=1S/C24H24ClN3O3/c1-15-4-5-16(2)28(15)22-13-20(31-3)10-11-21(22)26-24(30)17-12-23(29)27(14-17)19-8-6-18(25)7-9-19/h4-11,13,17H,12,14H2,1-3H3,(H,26,30)/t17-/m1/s1. The van der Waals surface area contributed by atoms with Gasteiger partial charge >= 0.3 is 0 Å². The Morgan fingerprint density at radius 3 is 2.39 bits per heavy atom. The molecule has 0 unspecified atom stereocenters. The predicted octanol–water partition coefficient (Wildman–Crippen LogP) is 4.75. The van der Waals surface area contributed by atoms with E-state index in [0.717, 1.165) is 22.8 Å².